The lowest BCUT2D eigenvalue weighted by Crippen LogP contribution is -2.41. The zero-order valence-electron chi connectivity index (χ0n) is 14.0. The Morgan fingerprint density at radius 2 is 2.26 bits per heavy atom. The SMILES string of the molecule is Cc1n[nH]c(C)c1CCNC(=O)N(Cc1cnn(C)c1)C1CC1. The number of H-pyrrole nitrogens is 1. The van der Waals surface area contributed by atoms with Crippen LogP contribution in [0.25, 0.3) is 0 Å². The lowest BCUT2D eigenvalue weighted by molar-refractivity contribution is 0.192. The number of nitrogens with one attached hydrogen (secondary N) is 2. The molecule has 7 nitrogen and oxygen atoms in total. The first kappa shape index (κ1) is 15.6. The van der Waals surface area contributed by atoms with Gasteiger partial charge in [0.15, 0.2) is 0 Å². The van der Waals surface area contributed by atoms with Crippen LogP contribution in [0.5, 0.6) is 0 Å². The molecule has 2 heterocycles. The molecule has 124 valence electrons. The van der Waals surface area contributed by atoms with Gasteiger partial charge in [-0.2, -0.15) is 10.2 Å². The number of aromatic amines is 1. The first-order valence-electron chi connectivity index (χ1n) is 8.07. The van der Waals surface area contributed by atoms with Crippen molar-refractivity contribution in [3.63, 3.8) is 0 Å². The van der Waals surface area contributed by atoms with Crippen molar-refractivity contribution in [2.75, 3.05) is 6.54 Å². The zero-order chi connectivity index (χ0) is 16.4. The number of aromatic nitrogens is 4. The maximum atomic E-state index is 12.5. The average molecular weight is 316 g/mol. The molecule has 0 bridgehead atoms. The molecule has 2 aromatic heterocycles. The van der Waals surface area contributed by atoms with Crippen molar-refractivity contribution in [2.45, 2.75) is 45.7 Å². The van der Waals surface area contributed by atoms with Gasteiger partial charge in [0.25, 0.3) is 0 Å². The van der Waals surface area contributed by atoms with Gasteiger partial charge >= 0.3 is 6.03 Å². The fourth-order valence-electron chi connectivity index (χ4n) is 2.84. The van der Waals surface area contributed by atoms with Crippen LogP contribution in [0, 0.1) is 13.8 Å². The van der Waals surface area contributed by atoms with Crippen molar-refractivity contribution in [2.24, 2.45) is 7.05 Å². The second-order valence-corrected chi connectivity index (χ2v) is 6.28. The van der Waals surface area contributed by atoms with E-state index in [1.165, 1.54) is 5.56 Å². The van der Waals surface area contributed by atoms with Gasteiger partial charge in [0.05, 0.1) is 18.4 Å². The Kier molecular flexibility index (Phi) is 4.36. The Labute approximate surface area is 136 Å². The summed E-state index contributed by atoms with van der Waals surface area (Å²) in [6.45, 7) is 5.24. The van der Waals surface area contributed by atoms with Gasteiger partial charge < -0.3 is 10.2 Å². The molecule has 3 rings (SSSR count). The molecule has 1 aliphatic carbocycles. The van der Waals surface area contributed by atoms with E-state index in [2.05, 4.69) is 20.6 Å². The molecule has 0 unspecified atom stereocenters. The third kappa shape index (κ3) is 3.72. The molecule has 0 aliphatic heterocycles. The molecule has 1 saturated carbocycles. The predicted molar refractivity (Wildman–Crippen MR) is 86.9 cm³/mol. The van der Waals surface area contributed by atoms with E-state index in [9.17, 15) is 4.79 Å². The maximum absolute atomic E-state index is 12.5. The molecule has 2 aromatic rings. The second kappa shape index (κ2) is 6.44. The summed E-state index contributed by atoms with van der Waals surface area (Å²) in [5, 5.41) is 14.4. The summed E-state index contributed by atoms with van der Waals surface area (Å²) in [7, 11) is 1.89. The quantitative estimate of drug-likeness (QED) is 0.851. The molecule has 0 spiro atoms. The van der Waals surface area contributed by atoms with E-state index >= 15 is 0 Å². The number of carbonyl (C=O) groups excluding carboxylic acids is 1. The van der Waals surface area contributed by atoms with Crippen molar-refractivity contribution in [3.8, 4) is 0 Å². The van der Waals surface area contributed by atoms with Crippen LogP contribution in [0.15, 0.2) is 12.4 Å². The van der Waals surface area contributed by atoms with Crippen LogP contribution in [0.2, 0.25) is 0 Å². The molecule has 1 fully saturated rings. The Balaban J connectivity index is 1.54. The van der Waals surface area contributed by atoms with Gasteiger partial charge in [0.1, 0.15) is 0 Å². The number of amides is 2. The molecular weight excluding hydrogens is 292 g/mol. The van der Waals surface area contributed by atoms with Crippen LogP contribution in [0.3, 0.4) is 0 Å². The standard InChI is InChI=1S/C16H24N6O/c1-11-15(12(2)20-19-11)6-7-17-16(23)22(14-4-5-14)10-13-8-18-21(3)9-13/h8-9,14H,4-7,10H2,1-3H3,(H,17,23)(H,19,20). The van der Waals surface area contributed by atoms with Crippen LogP contribution in [-0.2, 0) is 20.0 Å². The molecule has 23 heavy (non-hydrogen) atoms. The van der Waals surface area contributed by atoms with Gasteiger partial charge in [-0.1, -0.05) is 0 Å². The van der Waals surface area contributed by atoms with E-state index in [4.69, 9.17) is 0 Å². The average Bonchev–Trinajstić information content (AvgIpc) is 3.21. The Hall–Kier alpha value is -2.31. The first-order valence-corrected chi connectivity index (χ1v) is 8.07. The van der Waals surface area contributed by atoms with Crippen LogP contribution >= 0.6 is 0 Å². The fourth-order valence-corrected chi connectivity index (χ4v) is 2.84. The Bertz CT molecular complexity index is 665. The lowest BCUT2D eigenvalue weighted by atomic mass is 10.1. The number of nitrogens with zero attached hydrogens (tertiary/aromatic N) is 4. The van der Waals surface area contributed by atoms with E-state index in [0.717, 1.165) is 36.2 Å². The smallest absolute Gasteiger partial charge is 0.317 e. The number of aryl methyl sites for hydroxylation is 3. The first-order chi connectivity index (χ1) is 11.0. The molecule has 2 amide bonds. The molecule has 0 saturated heterocycles. The highest BCUT2D eigenvalue weighted by Gasteiger charge is 2.32. The summed E-state index contributed by atoms with van der Waals surface area (Å²) in [5.74, 6) is 0. The minimum absolute atomic E-state index is 0.00940. The van der Waals surface area contributed by atoms with E-state index in [0.29, 0.717) is 19.1 Å². The minimum Gasteiger partial charge on any atom is -0.338 e. The predicted octanol–water partition coefficient (Wildman–Crippen LogP) is 1.68. The monoisotopic (exact) mass is 316 g/mol. The molecule has 7 heteroatoms. The van der Waals surface area contributed by atoms with Gasteiger partial charge in [-0.15, -0.1) is 0 Å². The molecule has 1 aliphatic rings. The molecule has 0 atom stereocenters. The molecule has 2 N–H and O–H groups in total. The Morgan fingerprint density at radius 1 is 1.48 bits per heavy atom. The highest BCUT2D eigenvalue weighted by Crippen LogP contribution is 2.28. The van der Waals surface area contributed by atoms with Crippen LogP contribution in [0.4, 0.5) is 4.79 Å². The molecular formula is C16H24N6O. The summed E-state index contributed by atoms with van der Waals surface area (Å²) in [5.41, 5.74) is 4.34. The fraction of sp³-hybridized carbons (Fsp3) is 0.562. The number of urea groups is 1. The van der Waals surface area contributed by atoms with E-state index in [1.54, 1.807) is 4.68 Å². The van der Waals surface area contributed by atoms with Gasteiger partial charge in [0, 0.05) is 37.1 Å². The van der Waals surface area contributed by atoms with Crippen molar-refractivity contribution in [1.82, 2.24) is 30.2 Å². The highest BCUT2D eigenvalue weighted by atomic mass is 16.2. The number of rotatable bonds is 6. The number of hydrogen-bond donors (Lipinski definition) is 2. The zero-order valence-corrected chi connectivity index (χ0v) is 14.0. The highest BCUT2D eigenvalue weighted by molar-refractivity contribution is 5.75. The maximum Gasteiger partial charge on any atom is 0.317 e. The van der Waals surface area contributed by atoms with Crippen molar-refractivity contribution in [3.05, 3.63) is 34.9 Å². The van der Waals surface area contributed by atoms with Gasteiger partial charge in [-0.05, 0) is 38.7 Å². The van der Waals surface area contributed by atoms with Gasteiger partial charge in [-0.3, -0.25) is 9.78 Å². The number of carbonyl (C=O) groups is 1. The van der Waals surface area contributed by atoms with Crippen molar-refractivity contribution < 1.29 is 4.79 Å². The lowest BCUT2D eigenvalue weighted by Gasteiger charge is -2.22. The largest absolute Gasteiger partial charge is 0.338 e. The second-order valence-electron chi connectivity index (χ2n) is 6.28. The van der Waals surface area contributed by atoms with Crippen molar-refractivity contribution in [1.29, 1.82) is 0 Å². The third-order valence-electron chi connectivity index (χ3n) is 4.29. The summed E-state index contributed by atoms with van der Waals surface area (Å²) in [6.07, 6.45) is 6.76. The normalized spacial score (nSPS) is 14.0. The van der Waals surface area contributed by atoms with Crippen molar-refractivity contribution >= 4 is 6.03 Å². The van der Waals surface area contributed by atoms with E-state index < -0.39 is 0 Å². The Morgan fingerprint density at radius 3 is 2.83 bits per heavy atom. The summed E-state index contributed by atoms with van der Waals surface area (Å²) in [4.78, 5) is 14.4. The van der Waals surface area contributed by atoms with Gasteiger partial charge in [-0.25, -0.2) is 4.79 Å². The van der Waals surface area contributed by atoms with Crippen LogP contribution in [0.1, 0.15) is 35.4 Å². The number of hydrogen-bond acceptors (Lipinski definition) is 3. The molecule has 0 aromatic carbocycles. The summed E-state index contributed by atoms with van der Waals surface area (Å²) in [6, 6.07) is 0.378. The van der Waals surface area contributed by atoms with Crippen LogP contribution < -0.4 is 5.32 Å². The van der Waals surface area contributed by atoms with E-state index in [1.807, 2.05) is 38.2 Å². The van der Waals surface area contributed by atoms with Gasteiger partial charge in [0.2, 0.25) is 0 Å². The summed E-state index contributed by atoms with van der Waals surface area (Å²) < 4.78 is 1.77. The van der Waals surface area contributed by atoms with E-state index in [-0.39, 0.29) is 6.03 Å². The third-order valence-corrected chi connectivity index (χ3v) is 4.29. The summed E-state index contributed by atoms with van der Waals surface area (Å²) >= 11 is 0. The topological polar surface area (TPSA) is 78.8 Å². The molecule has 0 radical (unpaired) electrons. The minimum atomic E-state index is 0.00940. The van der Waals surface area contributed by atoms with Crippen LogP contribution in [-0.4, -0.2) is 43.5 Å².